The molecule has 0 aliphatic rings. The Kier molecular flexibility index (Phi) is 4.34. The van der Waals surface area contributed by atoms with Gasteiger partial charge in [0, 0.05) is 17.5 Å². The van der Waals surface area contributed by atoms with E-state index in [-0.39, 0.29) is 10.6 Å². The quantitative estimate of drug-likeness (QED) is 0.922. The minimum absolute atomic E-state index is 0.0110. The molecule has 0 unspecified atom stereocenters. The molecule has 0 fully saturated rings. The van der Waals surface area contributed by atoms with Crippen LogP contribution in [-0.4, -0.2) is 9.97 Å². The van der Waals surface area contributed by atoms with E-state index >= 15 is 0 Å². The van der Waals surface area contributed by atoms with E-state index in [2.05, 4.69) is 9.97 Å². The maximum Gasteiger partial charge on any atom is 0.294 e. The number of nitrogens with one attached hydrogen (secondary N) is 1. The van der Waals surface area contributed by atoms with Crippen LogP contribution in [0.3, 0.4) is 0 Å². The van der Waals surface area contributed by atoms with Crippen molar-refractivity contribution < 1.29 is 17.9 Å². The first-order valence-corrected chi connectivity index (χ1v) is 6.57. The molecule has 0 aliphatic carbocycles. The third kappa shape index (κ3) is 3.14. The van der Waals surface area contributed by atoms with Crippen molar-refractivity contribution in [3.63, 3.8) is 0 Å². The van der Waals surface area contributed by atoms with Crippen LogP contribution in [0.15, 0.2) is 17.2 Å². The molecule has 2 aromatic rings. The highest BCUT2D eigenvalue weighted by Crippen LogP contribution is 2.37. The van der Waals surface area contributed by atoms with Crippen LogP contribution < -0.4 is 10.3 Å². The first-order valence-electron chi connectivity index (χ1n) is 6.19. The molecule has 2 rings (SSSR count). The second-order valence-corrected chi connectivity index (χ2v) is 5.09. The molecule has 1 aromatic carbocycles. The lowest BCUT2D eigenvalue weighted by molar-refractivity contribution is 0.0102. The Balaban J connectivity index is 2.69. The maximum atomic E-state index is 14.2. The molecule has 9 heteroatoms. The molecule has 0 saturated heterocycles. The van der Waals surface area contributed by atoms with Crippen LogP contribution in [0.4, 0.5) is 13.2 Å². The fourth-order valence-electron chi connectivity index (χ4n) is 1.79. The summed E-state index contributed by atoms with van der Waals surface area (Å²) in [5.74, 6) is -6.06. The summed E-state index contributed by atoms with van der Waals surface area (Å²) in [7, 11) is 0. The average molecular weight is 344 g/mol. The van der Waals surface area contributed by atoms with Crippen molar-refractivity contribution >= 4 is 11.6 Å². The Morgan fingerprint density at radius 2 is 2.09 bits per heavy atom. The standard InChI is InChI=1S/C14H9ClF3N3O2/c1-6-8(15)3-7(4-19)9(16)10(6)23-11-12(14(2,17)18)20-5-21-13(11)22/h3,5H,1-2H3,(H,20,21,22). The number of nitriles is 1. The maximum absolute atomic E-state index is 14.2. The van der Waals surface area contributed by atoms with Crippen molar-refractivity contribution in [3.8, 4) is 17.6 Å². The van der Waals surface area contributed by atoms with Crippen molar-refractivity contribution in [3.05, 3.63) is 50.4 Å². The zero-order chi connectivity index (χ0) is 17.4. The van der Waals surface area contributed by atoms with E-state index in [1.165, 1.54) is 6.92 Å². The third-order valence-corrected chi connectivity index (χ3v) is 3.35. The molecule has 1 heterocycles. The van der Waals surface area contributed by atoms with Gasteiger partial charge in [0.2, 0.25) is 5.75 Å². The van der Waals surface area contributed by atoms with Crippen LogP contribution in [0.2, 0.25) is 5.02 Å². The highest BCUT2D eigenvalue weighted by Gasteiger charge is 2.33. The van der Waals surface area contributed by atoms with Crippen molar-refractivity contribution in [2.75, 3.05) is 0 Å². The van der Waals surface area contributed by atoms with Gasteiger partial charge in [-0.05, 0) is 13.0 Å². The smallest absolute Gasteiger partial charge is 0.294 e. The molecule has 1 N–H and O–H groups in total. The van der Waals surface area contributed by atoms with Gasteiger partial charge in [-0.2, -0.15) is 14.0 Å². The molecule has 120 valence electrons. The van der Waals surface area contributed by atoms with Gasteiger partial charge in [-0.25, -0.2) is 9.37 Å². The van der Waals surface area contributed by atoms with Gasteiger partial charge in [-0.1, -0.05) is 11.6 Å². The monoisotopic (exact) mass is 343 g/mol. The summed E-state index contributed by atoms with van der Waals surface area (Å²) in [5, 5.41) is 8.85. The zero-order valence-electron chi connectivity index (χ0n) is 11.9. The summed E-state index contributed by atoms with van der Waals surface area (Å²) >= 11 is 5.86. The molecule has 1 aromatic heterocycles. The first-order chi connectivity index (χ1) is 10.7. The lowest BCUT2D eigenvalue weighted by Gasteiger charge is -2.16. The Morgan fingerprint density at radius 1 is 1.43 bits per heavy atom. The third-order valence-electron chi connectivity index (χ3n) is 2.96. The molecule has 5 nitrogen and oxygen atoms in total. The summed E-state index contributed by atoms with van der Waals surface area (Å²) in [6.07, 6.45) is 0.782. The Morgan fingerprint density at radius 3 is 2.65 bits per heavy atom. The number of hydrogen-bond donors (Lipinski definition) is 1. The van der Waals surface area contributed by atoms with Crippen molar-refractivity contribution in [2.24, 2.45) is 0 Å². The van der Waals surface area contributed by atoms with Gasteiger partial charge in [0.05, 0.1) is 11.9 Å². The van der Waals surface area contributed by atoms with E-state index in [4.69, 9.17) is 21.6 Å². The number of benzene rings is 1. The van der Waals surface area contributed by atoms with Crippen LogP contribution in [-0.2, 0) is 5.92 Å². The predicted octanol–water partition coefficient (Wildman–Crippen LogP) is 3.65. The van der Waals surface area contributed by atoms with Crippen molar-refractivity contribution in [1.29, 1.82) is 5.26 Å². The number of nitrogens with zero attached hydrogens (tertiary/aromatic N) is 2. The highest BCUT2D eigenvalue weighted by atomic mass is 35.5. The van der Waals surface area contributed by atoms with E-state index in [0.717, 1.165) is 12.4 Å². The number of aromatic nitrogens is 2. The van der Waals surface area contributed by atoms with Crippen molar-refractivity contribution in [2.45, 2.75) is 19.8 Å². The molecule has 0 saturated carbocycles. The van der Waals surface area contributed by atoms with Gasteiger partial charge in [-0.3, -0.25) is 4.79 Å². The number of ether oxygens (including phenoxy) is 1. The van der Waals surface area contributed by atoms with E-state index in [0.29, 0.717) is 6.92 Å². The summed E-state index contributed by atoms with van der Waals surface area (Å²) < 4.78 is 46.4. The second kappa shape index (κ2) is 5.93. The largest absolute Gasteiger partial charge is 0.446 e. The van der Waals surface area contributed by atoms with Gasteiger partial charge in [-0.15, -0.1) is 0 Å². The van der Waals surface area contributed by atoms with Crippen molar-refractivity contribution in [1.82, 2.24) is 9.97 Å². The minimum atomic E-state index is -3.50. The number of halogens is 4. The van der Waals surface area contributed by atoms with Gasteiger partial charge in [0.15, 0.2) is 17.3 Å². The summed E-state index contributed by atoms with van der Waals surface area (Å²) in [6, 6.07) is 2.63. The van der Waals surface area contributed by atoms with Crippen LogP contribution in [0, 0.1) is 24.1 Å². The summed E-state index contributed by atoms with van der Waals surface area (Å²) in [5.41, 5.74) is -2.37. The predicted molar refractivity (Wildman–Crippen MR) is 75.4 cm³/mol. The van der Waals surface area contributed by atoms with E-state index in [1.54, 1.807) is 6.07 Å². The number of rotatable bonds is 3. The number of hydrogen-bond acceptors (Lipinski definition) is 4. The molecule has 23 heavy (non-hydrogen) atoms. The fourth-order valence-corrected chi connectivity index (χ4v) is 1.99. The molecule has 0 atom stereocenters. The lowest BCUT2D eigenvalue weighted by Crippen LogP contribution is -2.20. The lowest BCUT2D eigenvalue weighted by atomic mass is 10.1. The SMILES string of the molecule is Cc1c(Cl)cc(C#N)c(F)c1Oc1c(C(C)(F)F)nc[nH]c1=O. The molecule has 0 radical (unpaired) electrons. The minimum Gasteiger partial charge on any atom is -0.446 e. The van der Waals surface area contributed by atoms with Crippen LogP contribution in [0.5, 0.6) is 11.5 Å². The van der Waals surface area contributed by atoms with Crippen LogP contribution >= 0.6 is 11.6 Å². The molecule has 0 aliphatic heterocycles. The molecule has 0 spiro atoms. The zero-order valence-corrected chi connectivity index (χ0v) is 12.6. The summed E-state index contributed by atoms with van der Waals surface area (Å²) in [4.78, 5) is 17.2. The highest BCUT2D eigenvalue weighted by molar-refractivity contribution is 6.31. The number of alkyl halides is 2. The normalized spacial score (nSPS) is 11.2. The first kappa shape index (κ1) is 16.8. The Hall–Kier alpha value is -2.53. The van der Waals surface area contributed by atoms with E-state index in [9.17, 15) is 18.0 Å². The molecular weight excluding hydrogens is 335 g/mol. The topological polar surface area (TPSA) is 78.8 Å². The number of H-pyrrole nitrogens is 1. The van der Waals surface area contributed by atoms with E-state index in [1.807, 2.05) is 0 Å². The van der Waals surface area contributed by atoms with Gasteiger partial charge in [0.25, 0.3) is 11.5 Å². The fraction of sp³-hybridized carbons (Fsp3) is 0.214. The number of aromatic amines is 1. The van der Waals surface area contributed by atoms with Gasteiger partial charge in [0.1, 0.15) is 6.07 Å². The molecule has 0 amide bonds. The molecular formula is C14H9ClF3N3O2. The van der Waals surface area contributed by atoms with Crippen LogP contribution in [0.25, 0.3) is 0 Å². The Bertz CT molecular complexity index is 869. The van der Waals surface area contributed by atoms with Gasteiger partial charge >= 0.3 is 0 Å². The summed E-state index contributed by atoms with van der Waals surface area (Å²) in [6.45, 7) is 1.87. The average Bonchev–Trinajstić information content (AvgIpc) is 2.47. The van der Waals surface area contributed by atoms with Crippen LogP contribution in [0.1, 0.15) is 23.7 Å². The Labute approximate surface area is 133 Å². The molecule has 0 bridgehead atoms. The van der Waals surface area contributed by atoms with E-state index < -0.39 is 40.1 Å². The second-order valence-electron chi connectivity index (χ2n) is 4.69. The van der Waals surface area contributed by atoms with Gasteiger partial charge < -0.3 is 9.72 Å².